The van der Waals surface area contributed by atoms with E-state index < -0.39 is 0 Å². The van der Waals surface area contributed by atoms with Crippen molar-refractivity contribution in [3.05, 3.63) is 30.1 Å². The molecule has 3 nitrogen and oxygen atoms in total. The van der Waals surface area contributed by atoms with Gasteiger partial charge in [-0.25, -0.2) is 0 Å². The van der Waals surface area contributed by atoms with Crippen molar-refractivity contribution in [3.63, 3.8) is 0 Å². The van der Waals surface area contributed by atoms with Gasteiger partial charge in [-0.3, -0.25) is 9.88 Å². The van der Waals surface area contributed by atoms with E-state index in [4.69, 9.17) is 5.73 Å². The van der Waals surface area contributed by atoms with Gasteiger partial charge in [0.2, 0.25) is 0 Å². The van der Waals surface area contributed by atoms with E-state index in [0.29, 0.717) is 0 Å². The zero-order chi connectivity index (χ0) is 13.1. The second-order valence-electron chi connectivity index (χ2n) is 5.36. The fourth-order valence-electron chi connectivity index (χ4n) is 2.07. The third kappa shape index (κ3) is 3.27. The van der Waals surface area contributed by atoms with Crippen molar-refractivity contribution in [2.24, 2.45) is 5.73 Å². The highest BCUT2D eigenvalue weighted by Gasteiger charge is 2.30. The first-order valence-electron chi connectivity index (χ1n) is 6.28. The molecule has 1 aromatic rings. The molecule has 1 rings (SSSR count). The predicted molar refractivity (Wildman–Crippen MR) is 72.8 cm³/mol. The lowest BCUT2D eigenvalue weighted by atomic mass is 9.92. The maximum Gasteiger partial charge on any atom is 0.0499 e. The molecule has 0 fully saturated rings. The minimum atomic E-state index is 0.0909. The Morgan fingerprint density at radius 3 is 2.29 bits per heavy atom. The Morgan fingerprint density at radius 2 is 1.88 bits per heavy atom. The normalized spacial score (nSPS) is 15.9. The highest BCUT2D eigenvalue weighted by molar-refractivity contribution is 5.17. The van der Waals surface area contributed by atoms with E-state index in [9.17, 15) is 0 Å². The molecule has 0 saturated carbocycles. The average molecular weight is 235 g/mol. The van der Waals surface area contributed by atoms with Gasteiger partial charge in [0.25, 0.3) is 0 Å². The molecule has 0 aliphatic heterocycles. The molecule has 2 unspecified atom stereocenters. The van der Waals surface area contributed by atoms with E-state index >= 15 is 0 Å². The van der Waals surface area contributed by atoms with Crippen LogP contribution in [0.3, 0.4) is 0 Å². The molecule has 0 spiro atoms. The van der Waals surface area contributed by atoms with Gasteiger partial charge in [0.1, 0.15) is 0 Å². The van der Waals surface area contributed by atoms with Crippen LogP contribution in [0.4, 0.5) is 0 Å². The molecule has 0 amide bonds. The number of hydrogen-bond donors (Lipinski definition) is 1. The number of rotatable bonds is 5. The zero-order valence-corrected chi connectivity index (χ0v) is 11.6. The number of aromatic nitrogens is 1. The predicted octanol–water partition coefficient (Wildman–Crippen LogP) is 2.59. The van der Waals surface area contributed by atoms with Crippen LogP contribution in [0.1, 0.15) is 45.7 Å². The largest absolute Gasteiger partial charge is 0.326 e. The molecule has 1 aromatic heterocycles. The van der Waals surface area contributed by atoms with Gasteiger partial charge in [0, 0.05) is 30.0 Å². The monoisotopic (exact) mass is 235 g/mol. The molecule has 0 radical (unpaired) electrons. The first-order chi connectivity index (χ1) is 7.90. The van der Waals surface area contributed by atoms with Crippen molar-refractivity contribution < 1.29 is 0 Å². The lowest BCUT2D eigenvalue weighted by Crippen LogP contribution is -2.48. The fourth-order valence-corrected chi connectivity index (χ4v) is 2.07. The SMILES string of the molecule is CCC(C)(C)N(C)C(c1ccncc1)C(C)N. The molecule has 2 N–H and O–H groups in total. The Balaban J connectivity index is 3.03. The lowest BCUT2D eigenvalue weighted by molar-refractivity contribution is 0.0847. The van der Waals surface area contributed by atoms with Crippen LogP contribution < -0.4 is 5.73 Å². The summed E-state index contributed by atoms with van der Waals surface area (Å²) in [6.07, 6.45) is 4.76. The Hall–Kier alpha value is -0.930. The molecule has 0 saturated heterocycles. The fraction of sp³-hybridized carbons (Fsp3) is 0.643. The highest BCUT2D eigenvalue weighted by Crippen LogP contribution is 2.30. The van der Waals surface area contributed by atoms with Crippen LogP contribution in [0.5, 0.6) is 0 Å². The van der Waals surface area contributed by atoms with E-state index in [1.807, 2.05) is 12.4 Å². The topological polar surface area (TPSA) is 42.2 Å². The highest BCUT2D eigenvalue weighted by atomic mass is 15.2. The number of pyridine rings is 1. The minimum absolute atomic E-state index is 0.0909. The summed E-state index contributed by atoms with van der Waals surface area (Å²) >= 11 is 0. The van der Waals surface area contributed by atoms with Gasteiger partial charge < -0.3 is 5.73 Å². The third-order valence-corrected chi connectivity index (χ3v) is 3.78. The lowest BCUT2D eigenvalue weighted by Gasteiger charge is -2.42. The van der Waals surface area contributed by atoms with E-state index in [1.165, 1.54) is 5.56 Å². The summed E-state index contributed by atoms with van der Waals surface area (Å²) in [5.41, 5.74) is 7.53. The first kappa shape index (κ1) is 14.1. The third-order valence-electron chi connectivity index (χ3n) is 3.78. The Morgan fingerprint density at radius 1 is 1.35 bits per heavy atom. The summed E-state index contributed by atoms with van der Waals surface area (Å²) in [5, 5.41) is 0. The summed E-state index contributed by atoms with van der Waals surface area (Å²) in [4.78, 5) is 6.44. The van der Waals surface area contributed by atoms with Crippen LogP contribution in [0.2, 0.25) is 0 Å². The minimum Gasteiger partial charge on any atom is -0.326 e. The van der Waals surface area contributed by atoms with Crippen LogP contribution in [0, 0.1) is 0 Å². The Labute approximate surface area is 105 Å². The smallest absolute Gasteiger partial charge is 0.0499 e. The van der Waals surface area contributed by atoms with Crippen molar-refractivity contribution in [2.75, 3.05) is 7.05 Å². The molecule has 17 heavy (non-hydrogen) atoms. The molecule has 0 bridgehead atoms. The second kappa shape index (κ2) is 5.61. The molecule has 0 aliphatic carbocycles. The van der Waals surface area contributed by atoms with Crippen LogP contribution in [-0.2, 0) is 0 Å². The quantitative estimate of drug-likeness (QED) is 0.853. The van der Waals surface area contributed by atoms with Gasteiger partial charge in [0.15, 0.2) is 0 Å². The Kier molecular flexibility index (Phi) is 4.66. The van der Waals surface area contributed by atoms with Crippen LogP contribution >= 0.6 is 0 Å². The summed E-state index contributed by atoms with van der Waals surface area (Å²) < 4.78 is 0. The molecular formula is C14H25N3. The number of nitrogens with two attached hydrogens (primary N) is 1. The van der Waals surface area contributed by atoms with Gasteiger partial charge >= 0.3 is 0 Å². The Bertz CT molecular complexity index is 333. The van der Waals surface area contributed by atoms with Crippen LogP contribution in [0.25, 0.3) is 0 Å². The molecule has 1 heterocycles. The van der Waals surface area contributed by atoms with Crippen LogP contribution in [0.15, 0.2) is 24.5 Å². The van der Waals surface area contributed by atoms with Crippen molar-refractivity contribution >= 4 is 0 Å². The van der Waals surface area contributed by atoms with Gasteiger partial charge in [-0.2, -0.15) is 0 Å². The van der Waals surface area contributed by atoms with E-state index in [0.717, 1.165) is 6.42 Å². The standard InChI is InChI=1S/C14H25N3/c1-6-14(3,4)17(5)13(11(2)15)12-7-9-16-10-8-12/h7-11,13H,6,15H2,1-5H3. The van der Waals surface area contributed by atoms with Crippen LogP contribution in [-0.4, -0.2) is 28.5 Å². The number of nitrogens with zero attached hydrogens (tertiary/aromatic N) is 2. The van der Waals surface area contributed by atoms with Gasteiger partial charge in [-0.1, -0.05) is 6.92 Å². The molecule has 0 aromatic carbocycles. The molecule has 2 atom stereocenters. The molecular weight excluding hydrogens is 210 g/mol. The van der Waals surface area contributed by atoms with Crippen molar-refractivity contribution in [1.82, 2.24) is 9.88 Å². The summed E-state index contributed by atoms with van der Waals surface area (Å²) in [6.45, 7) is 8.78. The van der Waals surface area contributed by atoms with Crippen molar-refractivity contribution in [1.29, 1.82) is 0 Å². The maximum atomic E-state index is 6.16. The van der Waals surface area contributed by atoms with Gasteiger partial charge in [0.05, 0.1) is 0 Å². The number of likely N-dealkylation sites (N-methyl/N-ethyl adjacent to an activating group) is 1. The summed E-state index contributed by atoms with van der Waals surface area (Å²) in [5.74, 6) is 0. The van der Waals surface area contributed by atoms with E-state index in [1.54, 1.807) is 0 Å². The summed E-state index contributed by atoms with van der Waals surface area (Å²) in [6, 6.07) is 4.42. The van der Waals surface area contributed by atoms with E-state index in [-0.39, 0.29) is 17.6 Å². The average Bonchev–Trinajstić information content (AvgIpc) is 2.30. The van der Waals surface area contributed by atoms with Crippen molar-refractivity contribution in [3.8, 4) is 0 Å². The second-order valence-corrected chi connectivity index (χ2v) is 5.36. The maximum absolute atomic E-state index is 6.16. The van der Waals surface area contributed by atoms with Gasteiger partial charge in [-0.15, -0.1) is 0 Å². The van der Waals surface area contributed by atoms with Gasteiger partial charge in [-0.05, 0) is 51.9 Å². The zero-order valence-electron chi connectivity index (χ0n) is 11.6. The first-order valence-corrected chi connectivity index (χ1v) is 6.28. The van der Waals surface area contributed by atoms with E-state index in [2.05, 4.69) is 56.8 Å². The molecule has 3 heteroatoms. The molecule has 0 aliphatic rings. The molecule has 96 valence electrons. The number of hydrogen-bond acceptors (Lipinski definition) is 3. The summed E-state index contributed by atoms with van der Waals surface area (Å²) in [7, 11) is 2.15. The van der Waals surface area contributed by atoms with Crippen molar-refractivity contribution in [2.45, 2.75) is 51.7 Å².